The van der Waals surface area contributed by atoms with Crippen molar-refractivity contribution >= 4 is 0 Å². The number of fused-ring (bicyclic) bond motifs is 2. The molecule has 2 aliphatic rings. The average molecular weight is 128 g/mol. The molecule has 2 atom stereocenters. The van der Waals surface area contributed by atoms with Crippen LogP contribution in [0.4, 0.5) is 0 Å². The van der Waals surface area contributed by atoms with Gasteiger partial charge in [0.15, 0.2) is 5.85 Å². The monoisotopic (exact) mass is 128 g/mol. The van der Waals surface area contributed by atoms with Gasteiger partial charge in [-0.15, -0.1) is 0 Å². The Kier molecular flexibility index (Phi) is 0.928. The van der Waals surface area contributed by atoms with Crippen molar-refractivity contribution in [1.82, 2.24) is 0 Å². The molecule has 52 valence electrons. The molecule has 1 aliphatic heterocycles. The first kappa shape index (κ1) is 5.65. The van der Waals surface area contributed by atoms with Crippen LogP contribution in [0, 0.1) is 5.92 Å². The van der Waals surface area contributed by atoms with E-state index in [9.17, 15) is 0 Å². The van der Waals surface area contributed by atoms with E-state index >= 15 is 0 Å². The van der Waals surface area contributed by atoms with Gasteiger partial charge >= 0.3 is 0 Å². The zero-order valence-electron chi connectivity index (χ0n) is 5.34. The topological polar surface area (TPSA) is 61.3 Å². The van der Waals surface area contributed by atoms with E-state index in [0.29, 0.717) is 12.0 Å². The largest absolute Gasteiger partial charge is 0.344 e. The highest BCUT2D eigenvalue weighted by Crippen LogP contribution is 2.41. The molecule has 4 N–H and O–H groups in total. The number of rotatable bonds is 0. The van der Waals surface area contributed by atoms with E-state index in [0.717, 1.165) is 19.3 Å². The Morgan fingerprint density at radius 3 is 2.33 bits per heavy atom. The molecule has 0 radical (unpaired) electrons. The predicted molar refractivity (Wildman–Crippen MR) is 33.3 cm³/mol. The third kappa shape index (κ3) is 0.689. The summed E-state index contributed by atoms with van der Waals surface area (Å²) >= 11 is 0. The summed E-state index contributed by atoms with van der Waals surface area (Å²) in [6, 6.07) is 0. The minimum absolute atomic E-state index is 0.366. The van der Waals surface area contributed by atoms with Crippen molar-refractivity contribution in [2.75, 3.05) is 0 Å². The van der Waals surface area contributed by atoms with Crippen LogP contribution in [0.25, 0.3) is 0 Å². The minimum atomic E-state index is -0.789. The number of hydrogen-bond donors (Lipinski definition) is 2. The first-order valence-corrected chi connectivity index (χ1v) is 3.44. The van der Waals surface area contributed by atoms with E-state index < -0.39 is 5.85 Å². The first-order chi connectivity index (χ1) is 4.18. The van der Waals surface area contributed by atoms with Crippen molar-refractivity contribution in [3.63, 3.8) is 0 Å². The van der Waals surface area contributed by atoms with Gasteiger partial charge in [-0.3, -0.25) is 11.5 Å². The van der Waals surface area contributed by atoms with Crippen LogP contribution in [-0.2, 0) is 4.74 Å². The molecule has 0 amide bonds. The molecule has 0 aromatic rings. The molecule has 3 nitrogen and oxygen atoms in total. The van der Waals surface area contributed by atoms with Crippen molar-refractivity contribution < 1.29 is 4.74 Å². The maximum Gasteiger partial charge on any atom is 0.172 e. The third-order valence-corrected chi connectivity index (χ3v) is 2.39. The van der Waals surface area contributed by atoms with Gasteiger partial charge in [0.25, 0.3) is 0 Å². The van der Waals surface area contributed by atoms with Crippen LogP contribution >= 0.6 is 0 Å². The van der Waals surface area contributed by atoms with Crippen LogP contribution in [0.1, 0.15) is 19.3 Å². The standard InChI is InChI=1S/C6H12N2O/c7-6(8)4-1-2-5(3-4)9-6/h4-5H,1-3,7-8H2. The maximum absolute atomic E-state index is 5.62. The molecule has 2 fully saturated rings. The van der Waals surface area contributed by atoms with Crippen LogP contribution in [0.5, 0.6) is 0 Å². The van der Waals surface area contributed by atoms with Gasteiger partial charge < -0.3 is 4.74 Å². The van der Waals surface area contributed by atoms with Crippen LogP contribution in [0.3, 0.4) is 0 Å². The van der Waals surface area contributed by atoms with Crippen LogP contribution in [0.2, 0.25) is 0 Å². The van der Waals surface area contributed by atoms with Crippen LogP contribution in [-0.4, -0.2) is 12.0 Å². The SMILES string of the molecule is NC1(N)OC2CCC1C2. The van der Waals surface area contributed by atoms with E-state index in [1.54, 1.807) is 0 Å². The van der Waals surface area contributed by atoms with Crippen molar-refractivity contribution in [2.24, 2.45) is 17.4 Å². The summed E-state index contributed by atoms with van der Waals surface area (Å²) in [5, 5.41) is 0. The highest BCUT2D eigenvalue weighted by molar-refractivity contribution is 4.93. The van der Waals surface area contributed by atoms with E-state index in [-0.39, 0.29) is 0 Å². The second kappa shape index (κ2) is 1.48. The molecule has 0 aromatic heterocycles. The second-order valence-corrected chi connectivity index (χ2v) is 3.10. The molecule has 0 aromatic carbocycles. The lowest BCUT2D eigenvalue weighted by Gasteiger charge is -2.28. The minimum Gasteiger partial charge on any atom is -0.344 e. The van der Waals surface area contributed by atoms with Gasteiger partial charge in [-0.2, -0.15) is 0 Å². The quantitative estimate of drug-likeness (QED) is 0.442. The molecule has 9 heavy (non-hydrogen) atoms. The summed E-state index contributed by atoms with van der Waals surface area (Å²) in [6.45, 7) is 0. The van der Waals surface area contributed by atoms with E-state index in [1.807, 2.05) is 0 Å². The van der Waals surface area contributed by atoms with Gasteiger partial charge in [0.1, 0.15) is 0 Å². The molecule has 2 bridgehead atoms. The third-order valence-electron chi connectivity index (χ3n) is 2.39. The molecular formula is C6H12N2O. The molecule has 1 saturated carbocycles. The van der Waals surface area contributed by atoms with Gasteiger partial charge in [0, 0.05) is 5.92 Å². The molecule has 1 aliphatic carbocycles. The Morgan fingerprint density at radius 1 is 1.33 bits per heavy atom. The fraction of sp³-hybridized carbons (Fsp3) is 1.00. The molecule has 1 saturated heterocycles. The molecular weight excluding hydrogens is 116 g/mol. The van der Waals surface area contributed by atoms with Crippen molar-refractivity contribution in [2.45, 2.75) is 31.2 Å². The summed E-state index contributed by atoms with van der Waals surface area (Å²) in [4.78, 5) is 0. The zero-order valence-corrected chi connectivity index (χ0v) is 5.34. The maximum atomic E-state index is 5.62. The summed E-state index contributed by atoms with van der Waals surface area (Å²) in [6.07, 6.45) is 3.75. The number of nitrogens with two attached hydrogens (primary N) is 2. The zero-order chi connectivity index (χ0) is 6.48. The lowest BCUT2D eigenvalue weighted by Crippen LogP contribution is -2.55. The van der Waals surface area contributed by atoms with Crippen molar-refractivity contribution in [1.29, 1.82) is 0 Å². The van der Waals surface area contributed by atoms with Gasteiger partial charge in [-0.05, 0) is 19.3 Å². The molecule has 2 unspecified atom stereocenters. The highest BCUT2D eigenvalue weighted by Gasteiger charge is 2.47. The predicted octanol–water partition coefficient (Wildman–Crippen LogP) is -0.244. The number of hydrogen-bond acceptors (Lipinski definition) is 3. The van der Waals surface area contributed by atoms with Gasteiger partial charge in [-0.25, -0.2) is 0 Å². The van der Waals surface area contributed by atoms with Crippen molar-refractivity contribution in [3.8, 4) is 0 Å². The summed E-state index contributed by atoms with van der Waals surface area (Å²) < 4.78 is 5.30. The Morgan fingerprint density at radius 2 is 2.11 bits per heavy atom. The lowest BCUT2D eigenvalue weighted by molar-refractivity contribution is -0.0775. The van der Waals surface area contributed by atoms with E-state index in [4.69, 9.17) is 16.2 Å². The van der Waals surface area contributed by atoms with E-state index in [2.05, 4.69) is 0 Å². The summed E-state index contributed by atoms with van der Waals surface area (Å²) in [7, 11) is 0. The average Bonchev–Trinajstić information content (AvgIpc) is 2.19. The van der Waals surface area contributed by atoms with Crippen molar-refractivity contribution in [3.05, 3.63) is 0 Å². The molecule has 0 spiro atoms. The highest BCUT2D eigenvalue weighted by atomic mass is 16.5. The fourth-order valence-electron chi connectivity index (χ4n) is 1.84. The second-order valence-electron chi connectivity index (χ2n) is 3.10. The molecule has 2 rings (SSSR count). The molecule has 3 heteroatoms. The smallest absolute Gasteiger partial charge is 0.172 e. The Balaban J connectivity index is 2.18. The summed E-state index contributed by atoms with van der Waals surface area (Å²) in [5.41, 5.74) is 11.2. The van der Waals surface area contributed by atoms with Crippen LogP contribution in [0.15, 0.2) is 0 Å². The summed E-state index contributed by atoms with van der Waals surface area (Å²) in [5.74, 6) is -0.370. The van der Waals surface area contributed by atoms with Gasteiger partial charge in [-0.1, -0.05) is 0 Å². The van der Waals surface area contributed by atoms with E-state index in [1.165, 1.54) is 0 Å². The van der Waals surface area contributed by atoms with Crippen LogP contribution < -0.4 is 11.5 Å². The fourth-order valence-corrected chi connectivity index (χ4v) is 1.84. The molecule has 1 heterocycles. The Labute approximate surface area is 54.3 Å². The van der Waals surface area contributed by atoms with Gasteiger partial charge in [0.2, 0.25) is 0 Å². The normalized spacial score (nSPS) is 46.0. The van der Waals surface area contributed by atoms with Gasteiger partial charge in [0.05, 0.1) is 6.10 Å². The number of ether oxygens (including phenoxy) is 1. The lowest BCUT2D eigenvalue weighted by atomic mass is 10.0. The Hall–Kier alpha value is -0.120. The first-order valence-electron chi connectivity index (χ1n) is 3.44. The Bertz CT molecular complexity index is 135.